The third-order valence-corrected chi connectivity index (χ3v) is 2.74. The molecule has 0 amide bonds. The Morgan fingerprint density at radius 2 is 2.39 bits per heavy atom. The molecule has 1 aromatic heterocycles. The van der Waals surface area contributed by atoms with Gasteiger partial charge in [-0.15, -0.1) is 0 Å². The Balaban J connectivity index is 1.97. The van der Waals surface area contributed by atoms with E-state index < -0.39 is 11.7 Å². The van der Waals surface area contributed by atoms with Gasteiger partial charge in [-0.1, -0.05) is 0 Å². The fourth-order valence-corrected chi connectivity index (χ4v) is 1.86. The molecule has 2 heterocycles. The van der Waals surface area contributed by atoms with Crippen LogP contribution in [-0.4, -0.2) is 34.2 Å². The molecule has 98 valence electrons. The topological polar surface area (TPSA) is 95.5 Å². The van der Waals surface area contributed by atoms with E-state index in [1.807, 2.05) is 0 Å². The van der Waals surface area contributed by atoms with Crippen molar-refractivity contribution in [3.05, 3.63) is 22.2 Å². The van der Waals surface area contributed by atoms with E-state index in [1.54, 1.807) is 11.3 Å². The highest BCUT2D eigenvalue weighted by atomic mass is 16.7. The molecule has 1 aliphatic heterocycles. The van der Waals surface area contributed by atoms with Crippen LogP contribution in [0.2, 0.25) is 0 Å². The summed E-state index contributed by atoms with van der Waals surface area (Å²) in [4.78, 5) is 33.3. The van der Waals surface area contributed by atoms with Crippen LogP contribution in [0.25, 0.3) is 0 Å². The number of anilines is 1. The predicted octanol–water partition coefficient (Wildman–Crippen LogP) is 0.319. The summed E-state index contributed by atoms with van der Waals surface area (Å²) < 4.78 is 0. The molecule has 0 atom stereocenters. The lowest BCUT2D eigenvalue weighted by Crippen LogP contribution is -2.34. The summed E-state index contributed by atoms with van der Waals surface area (Å²) in [6.07, 6.45) is 3.69. The first kappa shape index (κ1) is 12.6. The van der Waals surface area contributed by atoms with E-state index in [0.717, 1.165) is 5.56 Å². The van der Waals surface area contributed by atoms with Crippen LogP contribution in [-0.2, 0) is 16.1 Å². The second-order valence-corrected chi connectivity index (χ2v) is 4.10. The summed E-state index contributed by atoms with van der Waals surface area (Å²) in [7, 11) is 0. The van der Waals surface area contributed by atoms with Crippen LogP contribution >= 0.6 is 0 Å². The Morgan fingerprint density at radius 3 is 3.17 bits per heavy atom. The highest BCUT2D eigenvalue weighted by Gasteiger charge is 2.18. The Morgan fingerprint density at radius 1 is 1.56 bits per heavy atom. The third kappa shape index (κ3) is 3.07. The van der Waals surface area contributed by atoms with Gasteiger partial charge < -0.3 is 5.11 Å². The second-order valence-electron chi connectivity index (χ2n) is 4.10. The Kier molecular flexibility index (Phi) is 3.93. The number of aromatic nitrogens is 2. The zero-order valence-corrected chi connectivity index (χ0v) is 9.89. The van der Waals surface area contributed by atoms with Crippen LogP contribution in [0, 0.1) is 0 Å². The number of fused-ring (bicyclic) bond motifs is 1. The van der Waals surface area contributed by atoms with Gasteiger partial charge in [-0.2, -0.15) is 0 Å². The number of hydrogen-bond donors (Lipinski definition) is 2. The van der Waals surface area contributed by atoms with E-state index in [0.29, 0.717) is 38.2 Å². The highest BCUT2D eigenvalue weighted by Crippen LogP contribution is 2.21. The number of carboxylic acids is 1. The van der Waals surface area contributed by atoms with Crippen molar-refractivity contribution < 1.29 is 14.7 Å². The minimum Gasteiger partial charge on any atom is -0.481 e. The summed E-state index contributed by atoms with van der Waals surface area (Å²) >= 11 is 0. The summed E-state index contributed by atoms with van der Waals surface area (Å²) in [6.45, 7) is 1.10. The van der Waals surface area contributed by atoms with Crippen LogP contribution < -0.4 is 10.8 Å². The maximum atomic E-state index is 11.2. The van der Waals surface area contributed by atoms with Gasteiger partial charge in [0, 0.05) is 31.1 Å². The molecule has 1 aliphatic rings. The molecule has 18 heavy (non-hydrogen) atoms. The number of carboxylic acid groups (broad SMARTS) is 1. The smallest absolute Gasteiger partial charge is 0.346 e. The number of aliphatic carboxylic acids is 1. The van der Waals surface area contributed by atoms with Gasteiger partial charge in [0.15, 0.2) is 0 Å². The molecule has 0 unspecified atom stereocenters. The molecule has 0 spiro atoms. The number of nitrogens with zero attached hydrogens (tertiary/aromatic N) is 2. The molecule has 1 aromatic rings. The van der Waals surface area contributed by atoms with Crippen molar-refractivity contribution in [2.45, 2.75) is 25.7 Å². The summed E-state index contributed by atoms with van der Waals surface area (Å²) in [5, 5.41) is 10.2. The molecule has 0 aromatic carbocycles. The quantitative estimate of drug-likeness (QED) is 0.734. The maximum absolute atomic E-state index is 11.2. The molecule has 0 aliphatic carbocycles. The molecular weight excluding hydrogens is 238 g/mol. The Labute approximate surface area is 103 Å². The van der Waals surface area contributed by atoms with Gasteiger partial charge in [0.2, 0.25) is 0 Å². The lowest BCUT2D eigenvalue weighted by molar-refractivity contribution is -0.137. The van der Waals surface area contributed by atoms with Crippen molar-refractivity contribution in [1.29, 1.82) is 0 Å². The molecule has 7 heteroatoms. The van der Waals surface area contributed by atoms with Crippen LogP contribution in [0.4, 0.5) is 5.82 Å². The van der Waals surface area contributed by atoms with Crippen LogP contribution in [0.1, 0.15) is 24.8 Å². The van der Waals surface area contributed by atoms with E-state index in [4.69, 9.17) is 9.94 Å². The lowest BCUT2D eigenvalue weighted by atomic mass is 10.2. The van der Waals surface area contributed by atoms with Crippen molar-refractivity contribution in [2.75, 3.05) is 18.2 Å². The molecule has 2 rings (SSSR count). The minimum absolute atomic E-state index is 0.146. The average molecular weight is 253 g/mol. The number of aromatic amines is 1. The van der Waals surface area contributed by atoms with Crippen molar-refractivity contribution in [2.24, 2.45) is 0 Å². The van der Waals surface area contributed by atoms with Crippen molar-refractivity contribution >= 4 is 11.8 Å². The van der Waals surface area contributed by atoms with Crippen molar-refractivity contribution in [3.63, 3.8) is 0 Å². The van der Waals surface area contributed by atoms with Gasteiger partial charge in [0.05, 0.1) is 6.61 Å². The summed E-state index contributed by atoms with van der Waals surface area (Å²) in [6, 6.07) is 0. The van der Waals surface area contributed by atoms with E-state index in [-0.39, 0.29) is 6.42 Å². The van der Waals surface area contributed by atoms with Gasteiger partial charge in [-0.05, 0) is 12.8 Å². The molecule has 0 radical (unpaired) electrons. The van der Waals surface area contributed by atoms with E-state index >= 15 is 0 Å². The van der Waals surface area contributed by atoms with Gasteiger partial charge in [0.25, 0.3) is 0 Å². The first-order valence-corrected chi connectivity index (χ1v) is 5.87. The highest BCUT2D eigenvalue weighted by molar-refractivity contribution is 5.66. The number of hydroxylamine groups is 1. The summed E-state index contributed by atoms with van der Waals surface area (Å²) in [5.74, 6) is -0.163. The molecule has 0 bridgehead atoms. The van der Waals surface area contributed by atoms with E-state index in [1.165, 1.54) is 0 Å². The third-order valence-electron chi connectivity index (χ3n) is 2.74. The predicted molar refractivity (Wildman–Crippen MR) is 63.3 cm³/mol. The minimum atomic E-state index is -0.799. The largest absolute Gasteiger partial charge is 0.481 e. The van der Waals surface area contributed by atoms with Gasteiger partial charge >= 0.3 is 11.7 Å². The standard InChI is InChI=1S/C11H15N3O4/c15-9(16)3-1-2-5-14-10-8(4-6-18-14)7-12-11(17)13-10/h7H,1-6H2,(H,15,16)(H,12,13,17). The van der Waals surface area contributed by atoms with Crippen molar-refractivity contribution in [1.82, 2.24) is 9.97 Å². The Bertz CT molecular complexity index is 485. The number of carbonyl (C=O) groups is 1. The fourth-order valence-electron chi connectivity index (χ4n) is 1.86. The lowest BCUT2D eigenvalue weighted by Gasteiger charge is -2.29. The SMILES string of the molecule is O=C(O)CCCCN1OCCc2cnc(=O)[nH]c21. The van der Waals surface area contributed by atoms with Crippen molar-refractivity contribution in [3.8, 4) is 0 Å². The molecule has 7 nitrogen and oxygen atoms in total. The molecule has 0 saturated heterocycles. The summed E-state index contributed by atoms with van der Waals surface area (Å²) in [5.41, 5.74) is 0.536. The molecule has 2 N–H and O–H groups in total. The van der Waals surface area contributed by atoms with Crippen LogP contribution in [0.15, 0.2) is 11.0 Å². The van der Waals surface area contributed by atoms with Crippen LogP contribution in [0.3, 0.4) is 0 Å². The zero-order chi connectivity index (χ0) is 13.0. The molecular formula is C11H15N3O4. The Hall–Kier alpha value is -1.89. The number of hydrogen-bond acceptors (Lipinski definition) is 5. The fraction of sp³-hybridized carbons (Fsp3) is 0.545. The molecule has 0 fully saturated rings. The van der Waals surface area contributed by atoms with Gasteiger partial charge in [-0.25, -0.2) is 14.8 Å². The number of H-pyrrole nitrogens is 1. The first-order valence-electron chi connectivity index (χ1n) is 5.87. The van der Waals surface area contributed by atoms with Gasteiger partial charge in [-0.3, -0.25) is 14.6 Å². The zero-order valence-electron chi connectivity index (χ0n) is 9.89. The molecule has 0 saturated carbocycles. The van der Waals surface area contributed by atoms with Crippen LogP contribution in [0.5, 0.6) is 0 Å². The average Bonchev–Trinajstić information content (AvgIpc) is 2.34. The maximum Gasteiger partial charge on any atom is 0.346 e. The normalized spacial score (nSPS) is 14.3. The van der Waals surface area contributed by atoms with Gasteiger partial charge in [0.1, 0.15) is 5.82 Å². The second kappa shape index (κ2) is 5.63. The van der Waals surface area contributed by atoms with E-state index in [2.05, 4.69) is 9.97 Å². The monoisotopic (exact) mass is 253 g/mol. The first-order chi connectivity index (χ1) is 8.66. The number of unbranched alkanes of at least 4 members (excludes halogenated alkanes) is 1. The number of nitrogens with one attached hydrogen (secondary N) is 1. The van der Waals surface area contributed by atoms with E-state index in [9.17, 15) is 9.59 Å². The number of rotatable bonds is 5.